The topological polar surface area (TPSA) is 67.7 Å². The summed E-state index contributed by atoms with van der Waals surface area (Å²) in [7, 11) is 2.03. The fraction of sp³-hybridized carbons (Fsp3) is 0.333. The van der Waals surface area contributed by atoms with Crippen LogP contribution in [0, 0.1) is 13.8 Å². The first-order valence-electron chi connectivity index (χ1n) is 8.41. The molecule has 3 aromatic rings. The molecule has 0 aliphatic carbocycles. The molecule has 2 aromatic heterocycles. The Morgan fingerprint density at radius 1 is 1.15 bits per heavy atom. The van der Waals surface area contributed by atoms with Gasteiger partial charge in [0.15, 0.2) is 10.3 Å². The lowest BCUT2D eigenvalue weighted by Gasteiger charge is -2.08. The second-order valence-electron chi connectivity index (χ2n) is 6.00. The number of thiocarbonyl (C=S) groups is 1. The van der Waals surface area contributed by atoms with Gasteiger partial charge >= 0.3 is 0 Å². The number of benzene rings is 1. The zero-order valence-corrected chi connectivity index (χ0v) is 17.0. The van der Waals surface area contributed by atoms with Crippen LogP contribution in [0.4, 0.5) is 5.69 Å². The van der Waals surface area contributed by atoms with Crippen LogP contribution in [0.15, 0.2) is 29.4 Å². The third kappa shape index (κ3) is 4.31. The quantitative estimate of drug-likeness (QED) is 0.395. The van der Waals surface area contributed by atoms with Crippen LogP contribution in [0.3, 0.4) is 0 Å². The summed E-state index contributed by atoms with van der Waals surface area (Å²) in [6.45, 7) is 6.78. The van der Waals surface area contributed by atoms with E-state index in [0.29, 0.717) is 10.9 Å². The Morgan fingerprint density at radius 2 is 1.88 bits per heavy atom. The number of rotatable bonds is 5. The Hall–Kier alpha value is -2.19. The summed E-state index contributed by atoms with van der Waals surface area (Å²) in [5.74, 6) is 1.70. The fourth-order valence-corrected chi connectivity index (χ4v) is 3.88. The summed E-state index contributed by atoms with van der Waals surface area (Å²) in [6, 6.07) is 8.06. The van der Waals surface area contributed by atoms with Gasteiger partial charge in [0.25, 0.3) is 0 Å². The first-order chi connectivity index (χ1) is 12.5. The van der Waals surface area contributed by atoms with Crippen molar-refractivity contribution in [2.24, 2.45) is 7.05 Å². The van der Waals surface area contributed by atoms with E-state index in [4.69, 9.17) is 17.2 Å². The van der Waals surface area contributed by atoms with Gasteiger partial charge in [0, 0.05) is 30.7 Å². The summed E-state index contributed by atoms with van der Waals surface area (Å²) in [6.07, 6.45) is 0. The molecule has 0 spiro atoms. The molecule has 0 amide bonds. The minimum absolute atomic E-state index is 0.616. The van der Waals surface area contributed by atoms with E-state index in [1.807, 2.05) is 46.0 Å². The number of aromatic nitrogens is 4. The molecule has 0 aliphatic heterocycles. The first-order valence-corrected chi connectivity index (χ1v) is 9.81. The monoisotopic (exact) mass is 386 g/mol. The van der Waals surface area contributed by atoms with Crippen LogP contribution in [-0.4, -0.2) is 31.2 Å². The van der Waals surface area contributed by atoms with E-state index < -0.39 is 0 Å². The third-order valence-electron chi connectivity index (χ3n) is 3.86. The van der Waals surface area contributed by atoms with E-state index in [1.165, 1.54) is 0 Å². The largest absolute Gasteiger partial charge is 0.363 e. The van der Waals surface area contributed by atoms with Gasteiger partial charge in [-0.15, -0.1) is 0 Å². The van der Waals surface area contributed by atoms with E-state index in [1.54, 1.807) is 11.8 Å². The van der Waals surface area contributed by atoms with Crippen molar-refractivity contribution >= 4 is 45.8 Å². The lowest BCUT2D eigenvalue weighted by molar-refractivity contribution is 0.866. The Balaban J connectivity index is 1.78. The second kappa shape index (κ2) is 8.01. The lowest BCUT2D eigenvalue weighted by Crippen LogP contribution is -2.27. The molecule has 8 heteroatoms. The SMILES string of the molecule is CCNC(=S)Nc1ccc2c(c1)nc(CSc1nc(C)cc(C)n1)n2C. The number of nitrogens with one attached hydrogen (secondary N) is 2. The molecule has 0 fully saturated rings. The van der Waals surface area contributed by atoms with Crippen molar-refractivity contribution in [2.75, 3.05) is 11.9 Å². The maximum absolute atomic E-state index is 5.24. The number of fused-ring (bicyclic) bond motifs is 1. The maximum Gasteiger partial charge on any atom is 0.188 e. The summed E-state index contributed by atoms with van der Waals surface area (Å²) in [5, 5.41) is 7.66. The second-order valence-corrected chi connectivity index (χ2v) is 7.35. The minimum atomic E-state index is 0.616. The Labute approximate surface area is 162 Å². The molecule has 0 bridgehead atoms. The molecule has 0 saturated heterocycles. The van der Waals surface area contributed by atoms with Gasteiger partial charge in [-0.2, -0.15) is 0 Å². The summed E-state index contributed by atoms with van der Waals surface area (Å²) < 4.78 is 2.11. The van der Waals surface area contributed by atoms with E-state index in [0.717, 1.165) is 45.6 Å². The molecule has 3 rings (SSSR count). The molecule has 2 heterocycles. The Bertz CT molecular complexity index is 930. The van der Waals surface area contributed by atoms with Crippen molar-refractivity contribution in [3.63, 3.8) is 0 Å². The van der Waals surface area contributed by atoms with Crippen LogP contribution in [-0.2, 0) is 12.8 Å². The minimum Gasteiger partial charge on any atom is -0.363 e. The molecular weight excluding hydrogens is 364 g/mol. The maximum atomic E-state index is 5.24. The molecule has 0 unspecified atom stereocenters. The number of hydrogen-bond donors (Lipinski definition) is 2. The van der Waals surface area contributed by atoms with Gasteiger partial charge in [0.1, 0.15) is 5.82 Å². The summed E-state index contributed by atoms with van der Waals surface area (Å²) in [5.41, 5.74) is 4.92. The molecular formula is C18H22N6S2. The number of imidazole rings is 1. The van der Waals surface area contributed by atoms with E-state index in [2.05, 4.69) is 31.2 Å². The van der Waals surface area contributed by atoms with Crippen molar-refractivity contribution < 1.29 is 0 Å². The average molecular weight is 387 g/mol. The summed E-state index contributed by atoms with van der Waals surface area (Å²) in [4.78, 5) is 13.7. The lowest BCUT2D eigenvalue weighted by atomic mass is 10.3. The Kier molecular flexibility index (Phi) is 5.73. The number of aryl methyl sites for hydroxylation is 3. The zero-order chi connectivity index (χ0) is 18.7. The third-order valence-corrected chi connectivity index (χ3v) is 4.95. The molecule has 0 radical (unpaired) electrons. The predicted molar refractivity (Wildman–Crippen MR) is 112 cm³/mol. The highest BCUT2D eigenvalue weighted by Gasteiger charge is 2.10. The van der Waals surface area contributed by atoms with Gasteiger partial charge in [-0.05, 0) is 57.3 Å². The van der Waals surface area contributed by atoms with E-state index in [-0.39, 0.29) is 0 Å². The summed E-state index contributed by atoms with van der Waals surface area (Å²) >= 11 is 6.84. The fourth-order valence-electron chi connectivity index (χ4n) is 2.68. The van der Waals surface area contributed by atoms with Crippen LogP contribution in [0.2, 0.25) is 0 Å². The number of nitrogens with zero attached hydrogens (tertiary/aromatic N) is 4. The first kappa shape index (κ1) is 18.6. The molecule has 0 atom stereocenters. The van der Waals surface area contributed by atoms with Crippen LogP contribution >= 0.6 is 24.0 Å². The van der Waals surface area contributed by atoms with Crippen LogP contribution in [0.1, 0.15) is 24.1 Å². The van der Waals surface area contributed by atoms with Crippen LogP contribution in [0.5, 0.6) is 0 Å². The smallest absolute Gasteiger partial charge is 0.188 e. The molecule has 2 N–H and O–H groups in total. The van der Waals surface area contributed by atoms with Crippen LogP contribution in [0.25, 0.3) is 11.0 Å². The standard InChI is InChI=1S/C18H22N6S2/c1-5-19-17(25)22-13-6-7-15-14(9-13)23-16(24(15)4)10-26-18-20-11(2)8-12(3)21-18/h6-9H,5,10H2,1-4H3,(H2,19,22,25). The highest BCUT2D eigenvalue weighted by atomic mass is 32.2. The van der Waals surface area contributed by atoms with Gasteiger partial charge in [-0.25, -0.2) is 15.0 Å². The van der Waals surface area contributed by atoms with Crippen molar-refractivity contribution in [3.8, 4) is 0 Å². The molecule has 0 saturated carbocycles. The van der Waals surface area contributed by atoms with Gasteiger partial charge in [-0.3, -0.25) is 0 Å². The van der Waals surface area contributed by atoms with Gasteiger partial charge < -0.3 is 15.2 Å². The van der Waals surface area contributed by atoms with Gasteiger partial charge in [0.05, 0.1) is 16.8 Å². The van der Waals surface area contributed by atoms with Crippen molar-refractivity contribution in [1.29, 1.82) is 0 Å². The molecule has 6 nitrogen and oxygen atoms in total. The van der Waals surface area contributed by atoms with Gasteiger partial charge in [-0.1, -0.05) is 11.8 Å². The zero-order valence-electron chi connectivity index (χ0n) is 15.3. The number of thioether (sulfide) groups is 1. The van der Waals surface area contributed by atoms with Crippen molar-refractivity contribution in [3.05, 3.63) is 41.5 Å². The van der Waals surface area contributed by atoms with Crippen molar-refractivity contribution in [2.45, 2.75) is 31.7 Å². The van der Waals surface area contributed by atoms with E-state index in [9.17, 15) is 0 Å². The normalized spacial score (nSPS) is 10.9. The Morgan fingerprint density at radius 3 is 2.58 bits per heavy atom. The highest BCUT2D eigenvalue weighted by Crippen LogP contribution is 2.24. The average Bonchev–Trinajstić information content (AvgIpc) is 2.88. The molecule has 0 aliphatic rings. The van der Waals surface area contributed by atoms with Crippen LogP contribution < -0.4 is 10.6 Å². The van der Waals surface area contributed by atoms with E-state index >= 15 is 0 Å². The molecule has 1 aromatic carbocycles. The molecule has 136 valence electrons. The van der Waals surface area contributed by atoms with Gasteiger partial charge in [0.2, 0.25) is 0 Å². The number of hydrogen-bond acceptors (Lipinski definition) is 5. The van der Waals surface area contributed by atoms with Crippen molar-refractivity contribution in [1.82, 2.24) is 24.8 Å². The highest BCUT2D eigenvalue weighted by molar-refractivity contribution is 7.98. The predicted octanol–water partition coefficient (Wildman–Crippen LogP) is 3.58. The number of anilines is 1. The molecule has 26 heavy (non-hydrogen) atoms.